The van der Waals surface area contributed by atoms with Crippen LogP contribution in [0.15, 0.2) is 36.8 Å². The second kappa shape index (κ2) is 7.74. The summed E-state index contributed by atoms with van der Waals surface area (Å²) < 4.78 is 61.2. The first-order valence-electron chi connectivity index (χ1n) is 10.8. The molecule has 7 nitrogen and oxygen atoms in total. The standard InChI is InChI=1S/C23H22F4N4O3/c1-21(33)12-34-7-6-22(21,17-5-4-15(8-18(17)24)23(25,26)27)30-20(32)16-10-29-31-11-14(13-2-3-13)9-28-19(16)31/h4-5,8-11,13,33H,2-3,6-7,12H2,1H3,(H,30,32)/t21?,22-/m1/s1. The van der Waals surface area contributed by atoms with Crippen molar-refractivity contribution in [1.29, 1.82) is 0 Å². The quantitative estimate of drug-likeness (QED) is 0.560. The van der Waals surface area contributed by atoms with Gasteiger partial charge in [-0.1, -0.05) is 6.07 Å². The van der Waals surface area contributed by atoms with Crippen LogP contribution in [0.1, 0.15) is 59.2 Å². The number of fused-ring (bicyclic) bond motifs is 1. The number of aromatic nitrogens is 3. The number of hydrogen-bond acceptors (Lipinski definition) is 5. The first-order valence-corrected chi connectivity index (χ1v) is 10.8. The molecule has 2 aromatic heterocycles. The van der Waals surface area contributed by atoms with Gasteiger partial charge >= 0.3 is 6.18 Å². The van der Waals surface area contributed by atoms with E-state index in [2.05, 4.69) is 15.4 Å². The lowest BCUT2D eigenvalue weighted by Gasteiger charge is -2.49. The molecule has 1 saturated carbocycles. The van der Waals surface area contributed by atoms with Crippen LogP contribution in [0.4, 0.5) is 17.6 Å². The number of carbonyl (C=O) groups excluding carboxylic acids is 1. The zero-order valence-electron chi connectivity index (χ0n) is 18.2. The van der Waals surface area contributed by atoms with Gasteiger partial charge in [-0.15, -0.1) is 0 Å². The van der Waals surface area contributed by atoms with E-state index in [9.17, 15) is 23.1 Å². The predicted molar refractivity (Wildman–Crippen MR) is 112 cm³/mol. The van der Waals surface area contributed by atoms with E-state index in [1.165, 1.54) is 17.6 Å². The van der Waals surface area contributed by atoms with Crippen molar-refractivity contribution in [3.63, 3.8) is 0 Å². The molecule has 2 aliphatic rings. The summed E-state index contributed by atoms with van der Waals surface area (Å²) in [4.78, 5) is 17.7. The molecule has 34 heavy (non-hydrogen) atoms. The molecule has 2 atom stereocenters. The van der Waals surface area contributed by atoms with Gasteiger partial charge < -0.3 is 15.2 Å². The van der Waals surface area contributed by atoms with Crippen molar-refractivity contribution >= 4 is 11.6 Å². The Morgan fingerprint density at radius 1 is 1.29 bits per heavy atom. The van der Waals surface area contributed by atoms with Gasteiger partial charge in [0.15, 0.2) is 5.65 Å². The van der Waals surface area contributed by atoms with Crippen LogP contribution in [0.3, 0.4) is 0 Å². The summed E-state index contributed by atoms with van der Waals surface area (Å²) in [7, 11) is 0. The minimum atomic E-state index is -4.74. The van der Waals surface area contributed by atoms with Gasteiger partial charge in [0.1, 0.15) is 22.5 Å². The Labute approximate surface area is 191 Å². The molecule has 1 saturated heterocycles. The molecule has 11 heteroatoms. The van der Waals surface area contributed by atoms with Gasteiger partial charge in [-0.05, 0) is 43.4 Å². The van der Waals surface area contributed by atoms with Crippen LogP contribution >= 0.6 is 0 Å². The van der Waals surface area contributed by atoms with Crippen LogP contribution in [-0.2, 0) is 16.5 Å². The molecule has 0 spiro atoms. The van der Waals surface area contributed by atoms with Crippen molar-refractivity contribution in [3.8, 4) is 0 Å². The average Bonchev–Trinajstić information content (AvgIpc) is 3.53. The SMILES string of the molecule is CC1(O)COCC[C@@]1(NC(=O)c1cnn2cc(C3CC3)cnc12)c1ccc(C(F)(F)F)cc1F. The van der Waals surface area contributed by atoms with E-state index < -0.39 is 34.6 Å². The van der Waals surface area contributed by atoms with Crippen LogP contribution in [0.2, 0.25) is 0 Å². The van der Waals surface area contributed by atoms with Gasteiger partial charge in [-0.3, -0.25) is 4.79 Å². The lowest BCUT2D eigenvalue weighted by atomic mass is 9.71. The number of ether oxygens (including phenoxy) is 1. The fourth-order valence-corrected chi connectivity index (χ4v) is 4.55. The molecule has 1 aromatic carbocycles. The van der Waals surface area contributed by atoms with E-state index in [0.717, 1.165) is 30.5 Å². The van der Waals surface area contributed by atoms with Gasteiger partial charge in [-0.2, -0.15) is 18.3 Å². The van der Waals surface area contributed by atoms with Gasteiger partial charge in [0, 0.05) is 31.0 Å². The largest absolute Gasteiger partial charge is 0.416 e. The minimum Gasteiger partial charge on any atom is -0.385 e. The lowest BCUT2D eigenvalue weighted by Crippen LogP contribution is -2.65. The molecule has 3 aromatic rings. The average molecular weight is 478 g/mol. The summed E-state index contributed by atoms with van der Waals surface area (Å²) in [5.74, 6) is -1.45. The Bertz CT molecular complexity index is 1270. The van der Waals surface area contributed by atoms with E-state index >= 15 is 4.39 Å². The van der Waals surface area contributed by atoms with Crippen LogP contribution < -0.4 is 5.32 Å². The number of nitrogens with one attached hydrogen (secondary N) is 1. The van der Waals surface area contributed by atoms with Crippen molar-refractivity contribution in [2.75, 3.05) is 13.2 Å². The Balaban J connectivity index is 1.55. The van der Waals surface area contributed by atoms with Crippen LogP contribution in [-0.4, -0.2) is 44.4 Å². The summed E-state index contributed by atoms with van der Waals surface area (Å²) in [5, 5.41) is 18.1. The van der Waals surface area contributed by atoms with Crippen molar-refractivity contribution in [2.24, 2.45) is 0 Å². The van der Waals surface area contributed by atoms with Crippen molar-refractivity contribution in [3.05, 3.63) is 64.9 Å². The highest BCUT2D eigenvalue weighted by molar-refractivity contribution is 6.00. The van der Waals surface area contributed by atoms with Crippen molar-refractivity contribution in [2.45, 2.75) is 49.4 Å². The zero-order valence-corrected chi connectivity index (χ0v) is 18.2. The zero-order chi connectivity index (χ0) is 24.3. The number of amides is 1. The molecule has 5 rings (SSSR count). The molecule has 1 aliphatic carbocycles. The predicted octanol–water partition coefficient (Wildman–Crippen LogP) is 3.56. The van der Waals surface area contributed by atoms with E-state index in [4.69, 9.17) is 4.74 Å². The van der Waals surface area contributed by atoms with Gasteiger partial charge in [-0.25, -0.2) is 13.9 Å². The molecule has 2 N–H and O–H groups in total. The maximum Gasteiger partial charge on any atom is 0.416 e. The van der Waals surface area contributed by atoms with Crippen LogP contribution in [0, 0.1) is 5.82 Å². The molecule has 0 radical (unpaired) electrons. The normalized spacial score (nSPS) is 25.5. The molecule has 180 valence electrons. The number of carbonyl (C=O) groups is 1. The first kappa shape index (κ1) is 22.7. The summed E-state index contributed by atoms with van der Waals surface area (Å²) in [6, 6.07) is 2.05. The van der Waals surface area contributed by atoms with E-state index in [0.29, 0.717) is 12.0 Å². The highest BCUT2D eigenvalue weighted by Crippen LogP contribution is 2.43. The molecular formula is C23H22F4N4O3. The third-order valence-corrected chi connectivity index (χ3v) is 6.68. The fraction of sp³-hybridized carbons (Fsp3) is 0.435. The molecule has 0 bridgehead atoms. The summed E-state index contributed by atoms with van der Waals surface area (Å²) >= 11 is 0. The van der Waals surface area contributed by atoms with Crippen LogP contribution in [0.5, 0.6) is 0 Å². The Kier molecular flexibility index (Phi) is 5.17. The number of halogens is 4. The van der Waals surface area contributed by atoms with Gasteiger partial charge in [0.05, 0.1) is 18.4 Å². The molecule has 2 fully saturated rings. The summed E-state index contributed by atoms with van der Waals surface area (Å²) in [6.07, 6.45) is 2.14. The van der Waals surface area contributed by atoms with E-state index in [1.807, 2.05) is 0 Å². The Morgan fingerprint density at radius 2 is 2.06 bits per heavy atom. The highest BCUT2D eigenvalue weighted by Gasteiger charge is 2.53. The Morgan fingerprint density at radius 3 is 2.71 bits per heavy atom. The highest BCUT2D eigenvalue weighted by atomic mass is 19.4. The number of nitrogens with zero attached hydrogens (tertiary/aromatic N) is 3. The molecular weight excluding hydrogens is 456 g/mol. The maximum atomic E-state index is 15.1. The summed E-state index contributed by atoms with van der Waals surface area (Å²) in [5.41, 5.74) is -3.62. The van der Waals surface area contributed by atoms with Crippen molar-refractivity contribution < 1.29 is 32.2 Å². The number of alkyl halides is 3. The first-order chi connectivity index (χ1) is 16.0. The maximum absolute atomic E-state index is 15.1. The minimum absolute atomic E-state index is 0.0502. The number of rotatable bonds is 4. The number of aliphatic hydroxyl groups is 1. The molecule has 1 unspecified atom stereocenters. The smallest absolute Gasteiger partial charge is 0.385 e. The third kappa shape index (κ3) is 3.72. The second-order valence-corrected chi connectivity index (χ2v) is 9.12. The van der Waals surface area contributed by atoms with Gasteiger partial charge in [0.2, 0.25) is 0 Å². The van der Waals surface area contributed by atoms with E-state index in [-0.39, 0.29) is 36.4 Å². The molecule has 1 aliphatic heterocycles. The topological polar surface area (TPSA) is 88.8 Å². The fourth-order valence-electron chi connectivity index (χ4n) is 4.55. The second-order valence-electron chi connectivity index (χ2n) is 9.12. The Hall–Kier alpha value is -3.05. The molecule has 3 heterocycles. The lowest BCUT2D eigenvalue weighted by molar-refractivity contribution is -0.140. The monoisotopic (exact) mass is 478 g/mol. The third-order valence-electron chi connectivity index (χ3n) is 6.68. The van der Waals surface area contributed by atoms with Crippen molar-refractivity contribution in [1.82, 2.24) is 19.9 Å². The number of benzene rings is 1. The molecule has 1 amide bonds. The van der Waals surface area contributed by atoms with Crippen LogP contribution in [0.25, 0.3) is 5.65 Å². The summed E-state index contributed by atoms with van der Waals surface area (Å²) in [6.45, 7) is 1.14. The van der Waals surface area contributed by atoms with E-state index in [1.54, 1.807) is 12.4 Å². The number of hydrogen-bond donors (Lipinski definition) is 2. The van der Waals surface area contributed by atoms with Gasteiger partial charge in [0.25, 0.3) is 5.91 Å².